The molecule has 0 N–H and O–H groups in total. The molecule has 0 fully saturated rings. The molecule has 5 heteroatoms. The highest BCUT2D eigenvalue weighted by Gasteiger charge is 2.22. The predicted octanol–water partition coefficient (Wildman–Crippen LogP) is 2.78. The second-order valence-corrected chi connectivity index (χ2v) is 3.44. The maximum absolute atomic E-state index is 11.0. The quantitative estimate of drug-likeness (QED) is 0.340. The molecule has 0 saturated heterocycles. The summed E-state index contributed by atoms with van der Waals surface area (Å²) in [6.07, 6.45) is 1.24. The smallest absolute Gasteiger partial charge is 0.303 e. The van der Waals surface area contributed by atoms with Gasteiger partial charge in [-0.2, -0.15) is 0 Å². The Labute approximate surface area is 98.9 Å². The number of benzene rings is 1. The molecule has 0 aliphatic heterocycles. The lowest BCUT2D eigenvalue weighted by atomic mass is 10.0. The van der Waals surface area contributed by atoms with Gasteiger partial charge in [0.15, 0.2) is 0 Å². The lowest BCUT2D eigenvalue weighted by Crippen LogP contribution is -2.09. The summed E-state index contributed by atoms with van der Waals surface area (Å²) >= 11 is 0. The summed E-state index contributed by atoms with van der Waals surface area (Å²) in [4.78, 5) is 21.3. The van der Waals surface area contributed by atoms with Crippen molar-refractivity contribution < 1.29 is 14.5 Å². The number of nitro groups is 1. The Bertz CT molecular complexity index is 442. The van der Waals surface area contributed by atoms with Gasteiger partial charge in [-0.05, 0) is 6.07 Å². The molecule has 0 aliphatic rings. The van der Waals surface area contributed by atoms with Crippen LogP contribution in [0.5, 0.6) is 0 Å². The van der Waals surface area contributed by atoms with Gasteiger partial charge >= 0.3 is 5.97 Å². The molecule has 0 aromatic heterocycles. The first kappa shape index (κ1) is 12.9. The fourth-order valence-corrected chi connectivity index (χ4v) is 1.52. The Morgan fingerprint density at radius 2 is 2.24 bits per heavy atom. The number of hydrogen-bond acceptors (Lipinski definition) is 4. The first-order valence-electron chi connectivity index (χ1n) is 5.07. The number of rotatable bonds is 5. The number of nitro benzene ring substituents is 1. The van der Waals surface area contributed by atoms with Crippen molar-refractivity contribution in [2.24, 2.45) is 0 Å². The van der Waals surface area contributed by atoms with Crippen molar-refractivity contribution >= 4 is 11.7 Å². The van der Waals surface area contributed by atoms with Gasteiger partial charge in [0.2, 0.25) is 0 Å². The fraction of sp³-hybridized carbons (Fsp3) is 0.250. The van der Waals surface area contributed by atoms with E-state index in [0.717, 1.165) is 0 Å². The average Bonchev–Trinajstić information content (AvgIpc) is 2.28. The fourth-order valence-electron chi connectivity index (χ4n) is 1.52. The summed E-state index contributed by atoms with van der Waals surface area (Å²) in [7, 11) is 0. The van der Waals surface area contributed by atoms with Crippen LogP contribution in [0.4, 0.5) is 5.69 Å². The Hall–Kier alpha value is -2.17. The van der Waals surface area contributed by atoms with Crippen LogP contribution in [0, 0.1) is 10.1 Å². The SMILES string of the molecule is C=CCC(OC(C)=O)c1ccccc1[N+](=O)[O-]. The van der Waals surface area contributed by atoms with Crippen molar-refractivity contribution in [3.8, 4) is 0 Å². The van der Waals surface area contributed by atoms with E-state index in [2.05, 4.69) is 6.58 Å². The molecule has 0 amide bonds. The molecule has 0 heterocycles. The molecule has 90 valence electrons. The second-order valence-electron chi connectivity index (χ2n) is 3.44. The first-order valence-corrected chi connectivity index (χ1v) is 5.07. The molecule has 0 radical (unpaired) electrons. The lowest BCUT2D eigenvalue weighted by Gasteiger charge is -2.15. The predicted molar refractivity (Wildman–Crippen MR) is 62.4 cm³/mol. The summed E-state index contributed by atoms with van der Waals surface area (Å²) in [5, 5.41) is 10.9. The third-order valence-electron chi connectivity index (χ3n) is 2.17. The summed E-state index contributed by atoms with van der Waals surface area (Å²) in [6.45, 7) is 4.82. The van der Waals surface area contributed by atoms with E-state index >= 15 is 0 Å². The normalized spacial score (nSPS) is 11.6. The Morgan fingerprint density at radius 1 is 1.59 bits per heavy atom. The number of para-hydroxylation sites is 1. The summed E-state index contributed by atoms with van der Waals surface area (Å²) in [5.41, 5.74) is 0.327. The van der Waals surface area contributed by atoms with Gasteiger partial charge in [0.25, 0.3) is 5.69 Å². The van der Waals surface area contributed by atoms with Crippen molar-refractivity contribution in [3.05, 3.63) is 52.6 Å². The molecule has 1 atom stereocenters. The van der Waals surface area contributed by atoms with Crippen LogP contribution in [0.25, 0.3) is 0 Å². The standard InChI is InChI=1S/C12H13NO4/c1-3-6-12(17-9(2)14)10-7-4-5-8-11(10)13(15)16/h3-5,7-8,12H,1,6H2,2H3. The molecular formula is C12H13NO4. The topological polar surface area (TPSA) is 69.4 Å². The van der Waals surface area contributed by atoms with Crippen LogP contribution in [-0.4, -0.2) is 10.9 Å². The molecule has 0 bridgehead atoms. The zero-order chi connectivity index (χ0) is 12.8. The van der Waals surface area contributed by atoms with E-state index in [9.17, 15) is 14.9 Å². The minimum absolute atomic E-state index is 0.0550. The Kier molecular flexibility index (Phi) is 4.39. The van der Waals surface area contributed by atoms with Gasteiger partial charge in [-0.15, -0.1) is 6.58 Å². The van der Waals surface area contributed by atoms with Gasteiger partial charge in [0, 0.05) is 19.4 Å². The zero-order valence-electron chi connectivity index (χ0n) is 9.46. The molecule has 1 unspecified atom stereocenters. The van der Waals surface area contributed by atoms with Gasteiger partial charge in [-0.25, -0.2) is 0 Å². The van der Waals surface area contributed by atoms with Crippen LogP contribution >= 0.6 is 0 Å². The molecule has 0 spiro atoms. The minimum Gasteiger partial charge on any atom is -0.457 e. The molecule has 0 aliphatic carbocycles. The molecular weight excluding hydrogens is 222 g/mol. The molecule has 1 rings (SSSR count). The maximum atomic E-state index is 11.0. The Morgan fingerprint density at radius 3 is 2.76 bits per heavy atom. The van der Waals surface area contributed by atoms with Crippen molar-refractivity contribution in [2.75, 3.05) is 0 Å². The number of nitrogens with zero attached hydrogens (tertiary/aromatic N) is 1. The van der Waals surface area contributed by atoms with E-state index in [1.807, 2.05) is 0 Å². The van der Waals surface area contributed by atoms with Crippen LogP contribution < -0.4 is 0 Å². The molecule has 1 aromatic rings. The molecule has 0 saturated carbocycles. The first-order chi connectivity index (χ1) is 8.06. The van der Waals surface area contributed by atoms with Gasteiger partial charge in [0.1, 0.15) is 6.10 Å². The van der Waals surface area contributed by atoms with E-state index in [0.29, 0.717) is 12.0 Å². The van der Waals surface area contributed by atoms with Crippen LogP contribution in [0.2, 0.25) is 0 Å². The lowest BCUT2D eigenvalue weighted by molar-refractivity contribution is -0.386. The van der Waals surface area contributed by atoms with Crippen LogP contribution in [-0.2, 0) is 9.53 Å². The van der Waals surface area contributed by atoms with Crippen LogP contribution in [0.1, 0.15) is 25.0 Å². The number of esters is 1. The summed E-state index contributed by atoms with van der Waals surface area (Å²) in [6, 6.07) is 6.20. The van der Waals surface area contributed by atoms with E-state index in [1.165, 1.54) is 13.0 Å². The van der Waals surface area contributed by atoms with Crippen molar-refractivity contribution in [2.45, 2.75) is 19.4 Å². The van der Waals surface area contributed by atoms with Gasteiger partial charge < -0.3 is 4.74 Å². The van der Waals surface area contributed by atoms with Crippen molar-refractivity contribution in [1.82, 2.24) is 0 Å². The molecule has 5 nitrogen and oxygen atoms in total. The summed E-state index contributed by atoms with van der Waals surface area (Å²) in [5.74, 6) is -0.477. The largest absolute Gasteiger partial charge is 0.457 e. The second kappa shape index (κ2) is 5.79. The summed E-state index contributed by atoms with van der Waals surface area (Å²) < 4.78 is 5.05. The van der Waals surface area contributed by atoms with E-state index in [-0.39, 0.29) is 5.69 Å². The van der Waals surface area contributed by atoms with E-state index < -0.39 is 17.0 Å². The number of carbonyl (C=O) groups is 1. The highest BCUT2D eigenvalue weighted by molar-refractivity contribution is 5.66. The van der Waals surface area contributed by atoms with Crippen LogP contribution in [0.15, 0.2) is 36.9 Å². The van der Waals surface area contributed by atoms with Crippen LogP contribution in [0.3, 0.4) is 0 Å². The zero-order valence-corrected chi connectivity index (χ0v) is 9.46. The van der Waals surface area contributed by atoms with E-state index in [4.69, 9.17) is 4.74 Å². The minimum atomic E-state index is -0.661. The molecule has 1 aromatic carbocycles. The third-order valence-corrected chi connectivity index (χ3v) is 2.17. The van der Waals surface area contributed by atoms with Crippen molar-refractivity contribution in [1.29, 1.82) is 0 Å². The molecule has 17 heavy (non-hydrogen) atoms. The number of ether oxygens (including phenoxy) is 1. The van der Waals surface area contributed by atoms with Gasteiger partial charge in [-0.3, -0.25) is 14.9 Å². The van der Waals surface area contributed by atoms with Crippen molar-refractivity contribution in [3.63, 3.8) is 0 Å². The Balaban J connectivity index is 3.12. The maximum Gasteiger partial charge on any atom is 0.303 e. The number of carbonyl (C=O) groups excluding carboxylic acids is 1. The van der Waals surface area contributed by atoms with Gasteiger partial charge in [0.05, 0.1) is 10.5 Å². The van der Waals surface area contributed by atoms with E-state index in [1.54, 1.807) is 24.3 Å². The monoisotopic (exact) mass is 235 g/mol. The highest BCUT2D eigenvalue weighted by Crippen LogP contribution is 2.29. The highest BCUT2D eigenvalue weighted by atomic mass is 16.6. The average molecular weight is 235 g/mol. The van der Waals surface area contributed by atoms with Gasteiger partial charge in [-0.1, -0.05) is 18.2 Å². The third kappa shape index (κ3) is 3.41. The number of hydrogen-bond donors (Lipinski definition) is 0.